The minimum atomic E-state index is -3.94. The van der Waals surface area contributed by atoms with E-state index in [1.54, 1.807) is 12.1 Å². The van der Waals surface area contributed by atoms with E-state index in [0.29, 0.717) is 23.1 Å². The van der Waals surface area contributed by atoms with Crippen LogP contribution in [0.2, 0.25) is 5.02 Å². The standard InChI is InChI=1S/C19H24ClNO6S/c1-4-27-14-6-8-15(9-7-14)28(23,24)21(10-5-11-22)17-13-18(25-2)16(20)12-19(17)26-3/h6-9,12-13,22H,4-5,10-11H2,1-3H3. The van der Waals surface area contributed by atoms with Crippen LogP contribution in [0.25, 0.3) is 0 Å². The summed E-state index contributed by atoms with van der Waals surface area (Å²) in [5.74, 6) is 1.17. The van der Waals surface area contributed by atoms with Gasteiger partial charge in [-0.05, 0) is 37.6 Å². The quantitative estimate of drug-likeness (QED) is 0.623. The number of halogens is 1. The summed E-state index contributed by atoms with van der Waals surface area (Å²) in [5.41, 5.74) is 0.270. The van der Waals surface area contributed by atoms with Crippen molar-refractivity contribution in [3.8, 4) is 17.2 Å². The molecule has 1 N–H and O–H groups in total. The Morgan fingerprint density at radius 1 is 1.07 bits per heavy atom. The van der Waals surface area contributed by atoms with Crippen LogP contribution in [0.15, 0.2) is 41.3 Å². The van der Waals surface area contributed by atoms with Crippen molar-refractivity contribution in [2.45, 2.75) is 18.2 Å². The van der Waals surface area contributed by atoms with E-state index in [1.165, 1.54) is 42.8 Å². The van der Waals surface area contributed by atoms with Crippen molar-refractivity contribution in [2.75, 3.05) is 38.3 Å². The van der Waals surface area contributed by atoms with Crippen molar-refractivity contribution in [3.63, 3.8) is 0 Å². The average Bonchev–Trinajstić information content (AvgIpc) is 2.69. The molecule has 0 aromatic heterocycles. The number of benzene rings is 2. The van der Waals surface area contributed by atoms with Crippen LogP contribution in [0.1, 0.15) is 13.3 Å². The molecule has 28 heavy (non-hydrogen) atoms. The number of rotatable bonds is 10. The van der Waals surface area contributed by atoms with E-state index >= 15 is 0 Å². The number of anilines is 1. The van der Waals surface area contributed by atoms with Gasteiger partial charge < -0.3 is 19.3 Å². The summed E-state index contributed by atoms with van der Waals surface area (Å²) in [5, 5.41) is 9.55. The molecule has 0 aliphatic heterocycles. The van der Waals surface area contributed by atoms with Gasteiger partial charge in [0.2, 0.25) is 0 Å². The molecule has 0 atom stereocenters. The molecule has 9 heteroatoms. The largest absolute Gasteiger partial charge is 0.495 e. The molecule has 2 aromatic carbocycles. The number of aliphatic hydroxyl groups is 1. The number of methoxy groups -OCH3 is 2. The van der Waals surface area contributed by atoms with Crippen LogP contribution in [-0.4, -0.2) is 47.5 Å². The third-order valence-corrected chi connectivity index (χ3v) is 6.09. The fourth-order valence-corrected chi connectivity index (χ4v) is 4.36. The first-order chi connectivity index (χ1) is 13.4. The SMILES string of the molecule is CCOc1ccc(S(=O)(=O)N(CCCO)c2cc(OC)c(Cl)cc2OC)cc1. The molecule has 0 saturated carbocycles. The second kappa shape index (κ2) is 9.86. The number of aliphatic hydroxyl groups excluding tert-OH is 1. The summed E-state index contributed by atoms with van der Waals surface area (Å²) in [7, 11) is -1.07. The molecular weight excluding hydrogens is 406 g/mol. The van der Waals surface area contributed by atoms with Gasteiger partial charge in [-0.15, -0.1) is 0 Å². The number of sulfonamides is 1. The van der Waals surface area contributed by atoms with Crippen LogP contribution in [0.3, 0.4) is 0 Å². The fourth-order valence-electron chi connectivity index (χ4n) is 2.63. The van der Waals surface area contributed by atoms with Gasteiger partial charge in [0.25, 0.3) is 10.0 Å². The highest BCUT2D eigenvalue weighted by molar-refractivity contribution is 7.92. The highest BCUT2D eigenvalue weighted by Crippen LogP contribution is 2.40. The first-order valence-electron chi connectivity index (χ1n) is 8.67. The van der Waals surface area contributed by atoms with E-state index in [9.17, 15) is 13.5 Å². The van der Waals surface area contributed by atoms with Crippen molar-refractivity contribution < 1.29 is 27.7 Å². The Labute approximate surface area is 170 Å². The van der Waals surface area contributed by atoms with Gasteiger partial charge in [0, 0.05) is 25.3 Å². The van der Waals surface area contributed by atoms with Crippen molar-refractivity contribution in [1.29, 1.82) is 0 Å². The molecule has 0 unspecified atom stereocenters. The fraction of sp³-hybridized carbons (Fsp3) is 0.368. The second-order valence-corrected chi connectivity index (χ2v) is 7.99. The zero-order chi connectivity index (χ0) is 20.7. The highest BCUT2D eigenvalue weighted by atomic mass is 35.5. The minimum absolute atomic E-state index is 0.0488. The molecule has 0 saturated heterocycles. The van der Waals surface area contributed by atoms with Crippen LogP contribution in [0.4, 0.5) is 5.69 Å². The van der Waals surface area contributed by atoms with Gasteiger partial charge in [-0.1, -0.05) is 11.6 Å². The Bertz CT molecular complexity index is 886. The van der Waals surface area contributed by atoms with Gasteiger partial charge in [0.1, 0.15) is 17.2 Å². The lowest BCUT2D eigenvalue weighted by Crippen LogP contribution is -2.33. The lowest BCUT2D eigenvalue weighted by Gasteiger charge is -2.26. The van der Waals surface area contributed by atoms with Crippen molar-refractivity contribution in [3.05, 3.63) is 41.4 Å². The van der Waals surface area contributed by atoms with Gasteiger partial charge in [-0.25, -0.2) is 8.42 Å². The summed E-state index contributed by atoms with van der Waals surface area (Å²) >= 11 is 6.14. The number of hydrogen-bond acceptors (Lipinski definition) is 6. The van der Waals surface area contributed by atoms with E-state index in [1.807, 2.05) is 6.92 Å². The smallest absolute Gasteiger partial charge is 0.264 e. The Balaban J connectivity index is 2.56. The van der Waals surface area contributed by atoms with Crippen LogP contribution in [-0.2, 0) is 10.0 Å². The molecule has 154 valence electrons. The summed E-state index contributed by atoms with van der Waals surface area (Å²) in [6.45, 7) is 2.22. The summed E-state index contributed by atoms with van der Waals surface area (Å²) < 4.78 is 43.8. The zero-order valence-corrected chi connectivity index (χ0v) is 17.6. The maximum atomic E-state index is 13.3. The molecule has 2 rings (SSSR count). The van der Waals surface area contributed by atoms with Crippen molar-refractivity contribution in [1.82, 2.24) is 0 Å². The lowest BCUT2D eigenvalue weighted by molar-refractivity contribution is 0.291. The summed E-state index contributed by atoms with van der Waals surface area (Å²) in [4.78, 5) is 0.0878. The molecular formula is C19H24ClNO6S. The Morgan fingerprint density at radius 3 is 2.25 bits per heavy atom. The molecule has 0 fully saturated rings. The predicted octanol–water partition coefficient (Wildman–Crippen LogP) is 3.33. The molecule has 0 spiro atoms. The van der Waals surface area contributed by atoms with Crippen LogP contribution >= 0.6 is 11.6 Å². The lowest BCUT2D eigenvalue weighted by atomic mass is 10.2. The number of hydrogen-bond donors (Lipinski definition) is 1. The molecule has 7 nitrogen and oxygen atoms in total. The summed E-state index contributed by atoms with van der Waals surface area (Å²) in [6.07, 6.45) is 0.240. The topological polar surface area (TPSA) is 85.3 Å². The highest BCUT2D eigenvalue weighted by Gasteiger charge is 2.28. The maximum Gasteiger partial charge on any atom is 0.264 e. The first kappa shape index (κ1) is 22.1. The number of nitrogens with zero attached hydrogens (tertiary/aromatic N) is 1. The molecule has 0 amide bonds. The molecule has 0 aliphatic carbocycles. The monoisotopic (exact) mass is 429 g/mol. The third kappa shape index (κ3) is 4.81. The minimum Gasteiger partial charge on any atom is -0.495 e. The first-order valence-corrected chi connectivity index (χ1v) is 10.5. The Kier molecular flexibility index (Phi) is 7.79. The number of ether oxygens (including phenoxy) is 3. The van der Waals surface area contributed by atoms with Gasteiger partial charge in [0.05, 0.1) is 36.4 Å². The second-order valence-electron chi connectivity index (χ2n) is 5.72. The van der Waals surface area contributed by atoms with Gasteiger partial charge >= 0.3 is 0 Å². The Morgan fingerprint density at radius 2 is 1.71 bits per heavy atom. The maximum absolute atomic E-state index is 13.3. The molecule has 0 heterocycles. The van der Waals surface area contributed by atoms with E-state index in [0.717, 1.165) is 0 Å². The zero-order valence-electron chi connectivity index (χ0n) is 16.0. The predicted molar refractivity (Wildman–Crippen MR) is 108 cm³/mol. The van der Waals surface area contributed by atoms with E-state index in [4.69, 9.17) is 25.8 Å². The van der Waals surface area contributed by atoms with Crippen molar-refractivity contribution >= 4 is 27.3 Å². The summed E-state index contributed by atoms with van der Waals surface area (Å²) in [6, 6.07) is 9.15. The molecule has 2 aromatic rings. The van der Waals surface area contributed by atoms with Crippen molar-refractivity contribution in [2.24, 2.45) is 0 Å². The Hall–Kier alpha value is -2.16. The van der Waals surface area contributed by atoms with Crippen LogP contribution in [0, 0.1) is 0 Å². The van der Waals surface area contributed by atoms with Crippen LogP contribution in [0.5, 0.6) is 17.2 Å². The van der Waals surface area contributed by atoms with Gasteiger partial charge in [-0.3, -0.25) is 4.31 Å². The molecule has 0 radical (unpaired) electrons. The average molecular weight is 430 g/mol. The van der Waals surface area contributed by atoms with Crippen LogP contribution < -0.4 is 18.5 Å². The van der Waals surface area contributed by atoms with E-state index in [2.05, 4.69) is 0 Å². The van der Waals surface area contributed by atoms with Gasteiger partial charge in [0.15, 0.2) is 0 Å². The van der Waals surface area contributed by atoms with Gasteiger partial charge in [-0.2, -0.15) is 0 Å². The normalized spacial score (nSPS) is 11.2. The molecule has 0 bridgehead atoms. The third-order valence-electron chi connectivity index (χ3n) is 3.96. The van der Waals surface area contributed by atoms with E-state index < -0.39 is 10.0 Å². The molecule has 0 aliphatic rings. The van der Waals surface area contributed by atoms with E-state index in [-0.39, 0.29) is 35.9 Å².